The van der Waals surface area contributed by atoms with E-state index in [0.29, 0.717) is 5.92 Å². The van der Waals surface area contributed by atoms with E-state index >= 15 is 0 Å². The first kappa shape index (κ1) is 6.71. The van der Waals surface area contributed by atoms with E-state index in [2.05, 4.69) is 32.0 Å². The molecule has 0 aromatic heterocycles. The van der Waals surface area contributed by atoms with Gasteiger partial charge in [0.15, 0.2) is 0 Å². The molecule has 0 N–H and O–H groups in total. The lowest BCUT2D eigenvalue weighted by Crippen LogP contribution is -1.93. The van der Waals surface area contributed by atoms with Crippen LogP contribution in [0.1, 0.15) is 24.0 Å². The number of ether oxygens (including phenoxy) is 1. The van der Waals surface area contributed by atoms with Crippen LogP contribution in [0.2, 0.25) is 0 Å². The molecule has 0 saturated heterocycles. The minimum absolute atomic E-state index is 0.574. The predicted octanol–water partition coefficient (Wildman–Crippen LogP) is 2.49. The van der Waals surface area contributed by atoms with Gasteiger partial charge in [0, 0.05) is 11.5 Å². The molecule has 1 aliphatic rings. The second-order valence-corrected chi connectivity index (χ2v) is 3.25. The first-order chi connectivity index (χ1) is 5.27. The Kier molecular flexibility index (Phi) is 1.38. The Hall–Kier alpha value is -0.980. The molecule has 1 aliphatic heterocycles. The summed E-state index contributed by atoms with van der Waals surface area (Å²) in [6.45, 7) is 5.16. The molecule has 1 aromatic rings. The average Bonchev–Trinajstić information content (AvgIpc) is 2.33. The van der Waals surface area contributed by atoms with Crippen LogP contribution in [0.5, 0.6) is 5.75 Å². The van der Waals surface area contributed by atoms with Crippen LogP contribution in [0.3, 0.4) is 0 Å². The van der Waals surface area contributed by atoms with Crippen molar-refractivity contribution in [1.29, 1.82) is 0 Å². The summed E-state index contributed by atoms with van der Waals surface area (Å²) in [6.07, 6.45) is 0. The zero-order valence-electron chi connectivity index (χ0n) is 6.92. The van der Waals surface area contributed by atoms with Gasteiger partial charge in [0.05, 0.1) is 6.61 Å². The molecule has 11 heavy (non-hydrogen) atoms. The van der Waals surface area contributed by atoms with Crippen LogP contribution in [0.15, 0.2) is 18.2 Å². The summed E-state index contributed by atoms with van der Waals surface area (Å²) in [5.41, 5.74) is 2.69. The van der Waals surface area contributed by atoms with E-state index in [0.717, 1.165) is 12.4 Å². The Labute approximate surface area is 67.0 Å². The van der Waals surface area contributed by atoms with Crippen molar-refractivity contribution >= 4 is 0 Å². The molecule has 0 saturated carbocycles. The van der Waals surface area contributed by atoms with E-state index in [-0.39, 0.29) is 0 Å². The van der Waals surface area contributed by atoms with Gasteiger partial charge >= 0.3 is 0 Å². The molecule has 1 heteroatoms. The van der Waals surface area contributed by atoms with Crippen molar-refractivity contribution in [3.63, 3.8) is 0 Å². The smallest absolute Gasteiger partial charge is 0.122 e. The van der Waals surface area contributed by atoms with Gasteiger partial charge in [0.25, 0.3) is 0 Å². The SMILES string of the molecule is Cc1ccc2c(c1)C(C)CO2. The predicted molar refractivity (Wildman–Crippen MR) is 45.1 cm³/mol. The van der Waals surface area contributed by atoms with Crippen molar-refractivity contribution in [2.24, 2.45) is 0 Å². The highest BCUT2D eigenvalue weighted by atomic mass is 16.5. The average molecular weight is 148 g/mol. The number of hydrogen-bond donors (Lipinski definition) is 0. The third-order valence-corrected chi connectivity index (χ3v) is 2.19. The number of rotatable bonds is 0. The molecule has 0 bridgehead atoms. The Bertz CT molecular complexity index is 278. The molecule has 1 aromatic carbocycles. The van der Waals surface area contributed by atoms with Crippen LogP contribution < -0.4 is 4.74 Å². The van der Waals surface area contributed by atoms with Crippen LogP contribution in [0, 0.1) is 6.92 Å². The van der Waals surface area contributed by atoms with E-state index < -0.39 is 0 Å². The van der Waals surface area contributed by atoms with Crippen molar-refractivity contribution in [2.45, 2.75) is 19.8 Å². The van der Waals surface area contributed by atoms with Gasteiger partial charge in [-0.15, -0.1) is 0 Å². The quantitative estimate of drug-likeness (QED) is 0.549. The molecule has 1 unspecified atom stereocenters. The van der Waals surface area contributed by atoms with Crippen molar-refractivity contribution in [3.05, 3.63) is 29.3 Å². The molecule has 1 atom stereocenters. The Morgan fingerprint density at radius 2 is 2.27 bits per heavy atom. The van der Waals surface area contributed by atoms with Gasteiger partial charge in [0.1, 0.15) is 5.75 Å². The lowest BCUT2D eigenvalue weighted by atomic mass is 10.0. The standard InChI is InChI=1S/C10H12O/c1-7-3-4-10-9(5-7)8(2)6-11-10/h3-5,8H,6H2,1-2H3. The van der Waals surface area contributed by atoms with E-state index in [1.807, 2.05) is 0 Å². The van der Waals surface area contributed by atoms with Gasteiger partial charge in [-0.25, -0.2) is 0 Å². The normalized spacial score (nSPS) is 21.1. The fourth-order valence-electron chi connectivity index (χ4n) is 1.49. The van der Waals surface area contributed by atoms with Crippen LogP contribution in [0.25, 0.3) is 0 Å². The maximum atomic E-state index is 5.47. The molecular weight excluding hydrogens is 136 g/mol. The van der Waals surface area contributed by atoms with Crippen molar-refractivity contribution in [3.8, 4) is 5.75 Å². The van der Waals surface area contributed by atoms with E-state index in [4.69, 9.17) is 4.74 Å². The molecule has 2 rings (SSSR count). The highest BCUT2D eigenvalue weighted by Gasteiger charge is 2.18. The number of aryl methyl sites for hydroxylation is 1. The van der Waals surface area contributed by atoms with Gasteiger partial charge in [-0.2, -0.15) is 0 Å². The minimum Gasteiger partial charge on any atom is -0.493 e. The van der Waals surface area contributed by atoms with Gasteiger partial charge in [-0.1, -0.05) is 24.6 Å². The summed E-state index contributed by atoms with van der Waals surface area (Å²) in [5.74, 6) is 1.65. The Balaban J connectivity index is 2.52. The third kappa shape index (κ3) is 1.01. The van der Waals surface area contributed by atoms with Crippen LogP contribution >= 0.6 is 0 Å². The minimum atomic E-state index is 0.574. The maximum Gasteiger partial charge on any atom is 0.122 e. The molecule has 0 aliphatic carbocycles. The molecule has 1 nitrogen and oxygen atoms in total. The van der Waals surface area contributed by atoms with Crippen molar-refractivity contribution < 1.29 is 4.74 Å². The fraction of sp³-hybridized carbons (Fsp3) is 0.400. The van der Waals surface area contributed by atoms with Gasteiger partial charge in [-0.3, -0.25) is 0 Å². The lowest BCUT2D eigenvalue weighted by molar-refractivity contribution is 0.337. The van der Waals surface area contributed by atoms with Crippen molar-refractivity contribution in [2.75, 3.05) is 6.61 Å². The Morgan fingerprint density at radius 1 is 1.45 bits per heavy atom. The second kappa shape index (κ2) is 2.26. The first-order valence-electron chi connectivity index (χ1n) is 4.01. The highest BCUT2D eigenvalue weighted by Crippen LogP contribution is 2.33. The van der Waals surface area contributed by atoms with E-state index in [9.17, 15) is 0 Å². The summed E-state index contributed by atoms with van der Waals surface area (Å²) >= 11 is 0. The van der Waals surface area contributed by atoms with E-state index in [1.165, 1.54) is 11.1 Å². The Morgan fingerprint density at radius 3 is 3.09 bits per heavy atom. The largest absolute Gasteiger partial charge is 0.493 e. The monoisotopic (exact) mass is 148 g/mol. The number of benzene rings is 1. The highest BCUT2D eigenvalue weighted by molar-refractivity contribution is 5.41. The summed E-state index contributed by atoms with van der Waals surface area (Å²) in [7, 11) is 0. The lowest BCUT2D eigenvalue weighted by Gasteiger charge is -2.00. The molecule has 1 heterocycles. The zero-order chi connectivity index (χ0) is 7.84. The van der Waals surface area contributed by atoms with Crippen molar-refractivity contribution in [1.82, 2.24) is 0 Å². The van der Waals surface area contributed by atoms with Gasteiger partial charge in [-0.05, 0) is 13.0 Å². The molecule has 0 spiro atoms. The maximum absolute atomic E-state index is 5.47. The molecule has 0 radical (unpaired) electrons. The summed E-state index contributed by atoms with van der Waals surface area (Å²) < 4.78 is 5.47. The van der Waals surface area contributed by atoms with Gasteiger partial charge < -0.3 is 4.74 Å². The fourth-order valence-corrected chi connectivity index (χ4v) is 1.49. The van der Waals surface area contributed by atoms with Crippen LogP contribution in [-0.4, -0.2) is 6.61 Å². The summed E-state index contributed by atoms with van der Waals surface area (Å²) in [6, 6.07) is 6.37. The molecule has 0 amide bonds. The number of fused-ring (bicyclic) bond motifs is 1. The summed E-state index contributed by atoms with van der Waals surface area (Å²) in [4.78, 5) is 0. The molecule has 0 fully saturated rings. The van der Waals surface area contributed by atoms with Gasteiger partial charge in [0.2, 0.25) is 0 Å². The summed E-state index contributed by atoms with van der Waals surface area (Å²) in [5, 5.41) is 0. The van der Waals surface area contributed by atoms with E-state index in [1.54, 1.807) is 0 Å². The third-order valence-electron chi connectivity index (χ3n) is 2.19. The second-order valence-electron chi connectivity index (χ2n) is 3.25. The van der Waals surface area contributed by atoms with Crippen LogP contribution in [0.4, 0.5) is 0 Å². The zero-order valence-corrected chi connectivity index (χ0v) is 6.92. The number of hydrogen-bond acceptors (Lipinski definition) is 1. The van der Waals surface area contributed by atoms with Crippen LogP contribution in [-0.2, 0) is 0 Å². The molecular formula is C10H12O. The molecule has 58 valence electrons. The first-order valence-corrected chi connectivity index (χ1v) is 4.01. The topological polar surface area (TPSA) is 9.23 Å².